The van der Waals surface area contributed by atoms with Crippen molar-refractivity contribution in [3.05, 3.63) is 0 Å². The molecule has 0 radical (unpaired) electrons. The predicted molar refractivity (Wildman–Crippen MR) is 392 cm³/mol. The summed E-state index contributed by atoms with van der Waals surface area (Å²) in [5, 5.41) is 406. The van der Waals surface area contributed by atoms with E-state index in [0.717, 1.165) is 0 Å². The Labute approximate surface area is 743 Å². The normalized spacial score (nSPS) is 54.8. The molecule has 28 rings (SSSR count). The first-order valence-electron chi connectivity index (χ1n) is 42.2. The van der Waals surface area contributed by atoms with Crippen molar-refractivity contribution in [2.75, 3.05) is 79.3 Å². The van der Waals surface area contributed by atoms with Crippen LogP contribution in [0.15, 0.2) is 0 Å². The van der Waals surface area contributed by atoms with Crippen molar-refractivity contribution < 1.29 is 298 Å². The Bertz CT molecular complexity index is 2910. The van der Waals surface area contributed by atoms with E-state index in [4.69, 9.17) is 114 Å². The Balaban J connectivity index is 0.914. The number of rotatable bonds is 24. The van der Waals surface area contributed by atoms with Gasteiger partial charge in [0, 0.05) is 0 Å². The lowest BCUT2D eigenvalue weighted by atomic mass is 9.94. The standard InChI is InChI=1S/C72H120O60/c73-1-13-25(79)31(85)43(97)61(115-13)109-7-19-55-37(91)49(103)67(121-19)128-56-20(8-110-62-44(98)32(86)26(80)14(2-74)116-62)123-69(51(105)39(56)93)130-58-22(10-112-64-46(100)34(88)28(82)16(4-76)118-64)125-71(53(107)41(58)95)132-60-24(12-114-66-48(102)36(90)30(84)18(6-78)120-66)126-72(54(108)42(60)96)131-59-23(11-113-65-47(101)35(89)29(83)17(5-77)119-65)124-70(52(106)40(59)94)129-57-21(122-68(127-55)50(104)38(57)92)9-111-63-45(99)33(87)27(81)15(3-75)117-63/h13-108H,1-12H2/t13-,14-,15-,16-,17-,18-,19-,20-,21-,22-,23-,24-,25-,26-,27-,28-,29-,30-,31+,32+,33+,34+,35+,36+,37-,38-,39-,40-,41-,42-,43-,44-,45-,46-,47-,48-,49-,50-,51-,52-,53-,54-,55-,56-,57-,58-,59-,60-,61+,62+,63+,64+,65+,66+,67-,68-,69-,70-,71-,72-/m1/s1. The van der Waals surface area contributed by atoms with Crippen molar-refractivity contribution >= 4 is 0 Å². The van der Waals surface area contributed by atoms with Gasteiger partial charge in [0.1, 0.15) is 293 Å². The highest BCUT2D eigenvalue weighted by atomic mass is 16.8. The van der Waals surface area contributed by atoms with Crippen LogP contribution in [0.3, 0.4) is 0 Å². The van der Waals surface area contributed by atoms with Gasteiger partial charge in [0.2, 0.25) is 0 Å². The van der Waals surface area contributed by atoms with Crippen molar-refractivity contribution in [3.8, 4) is 0 Å². The van der Waals surface area contributed by atoms with Crippen molar-refractivity contribution in [1.29, 1.82) is 0 Å². The fourth-order valence-electron chi connectivity index (χ4n) is 17.2. The molecular formula is C72H120O60. The van der Waals surface area contributed by atoms with Gasteiger partial charge in [0.15, 0.2) is 75.5 Å². The van der Waals surface area contributed by atoms with Crippen LogP contribution in [0.2, 0.25) is 0 Å². The number of hydrogen-bond acceptors (Lipinski definition) is 60. The van der Waals surface area contributed by atoms with Gasteiger partial charge in [-0.25, -0.2) is 0 Å². The molecule has 36 N–H and O–H groups in total. The molecule has 132 heavy (non-hydrogen) atoms. The lowest BCUT2D eigenvalue weighted by molar-refractivity contribution is -0.411. The molecule has 60 heteroatoms. The summed E-state index contributed by atoms with van der Waals surface area (Å²) in [6.45, 7) is -13.7. The van der Waals surface area contributed by atoms with Crippen molar-refractivity contribution in [2.24, 2.45) is 0 Å². The maximum absolute atomic E-state index is 12.5. The summed E-state index contributed by atoms with van der Waals surface area (Å²) in [6.07, 6.45) is -137. The van der Waals surface area contributed by atoms with Gasteiger partial charge in [-0.1, -0.05) is 0 Å². The Morgan fingerprint density at radius 3 is 0.356 bits per heavy atom. The Kier molecular flexibility index (Phi) is 37.2. The molecule has 0 amide bonds. The van der Waals surface area contributed by atoms with Crippen LogP contribution in [-0.4, -0.2) is 632 Å². The summed E-state index contributed by atoms with van der Waals surface area (Å²) < 4.78 is 142. The van der Waals surface area contributed by atoms with E-state index >= 15 is 0 Å². The molecule has 768 valence electrons. The van der Waals surface area contributed by atoms with E-state index < -0.39 is 448 Å². The number of aliphatic hydroxyl groups is 36. The zero-order chi connectivity index (χ0) is 96.1. The van der Waals surface area contributed by atoms with Gasteiger partial charge in [-0.3, -0.25) is 0 Å². The van der Waals surface area contributed by atoms with Gasteiger partial charge in [0.25, 0.3) is 0 Å². The van der Waals surface area contributed by atoms with E-state index in [0.29, 0.717) is 0 Å². The highest BCUT2D eigenvalue weighted by Gasteiger charge is 2.63. The third-order valence-corrected chi connectivity index (χ3v) is 25.2. The van der Waals surface area contributed by atoms with Crippen LogP contribution >= 0.6 is 0 Å². The molecule has 28 aliphatic heterocycles. The summed E-state index contributed by atoms with van der Waals surface area (Å²) >= 11 is 0. The minimum atomic E-state index is -2.68. The van der Waals surface area contributed by atoms with Crippen molar-refractivity contribution in [2.45, 2.75) is 368 Å². The molecule has 28 saturated heterocycles. The van der Waals surface area contributed by atoms with Crippen LogP contribution < -0.4 is 0 Å². The molecule has 28 aliphatic rings. The Morgan fingerprint density at radius 1 is 0.121 bits per heavy atom. The molecule has 0 aromatic carbocycles. The minimum Gasteiger partial charge on any atom is -0.394 e. The molecule has 0 unspecified atom stereocenters. The van der Waals surface area contributed by atoms with Gasteiger partial charge in [0.05, 0.1) is 79.3 Å². The fraction of sp³-hybridized carbons (Fsp3) is 1.00. The highest BCUT2D eigenvalue weighted by Crippen LogP contribution is 2.42. The fourth-order valence-corrected chi connectivity index (χ4v) is 17.2. The number of ether oxygens (including phenoxy) is 24. The molecule has 60 nitrogen and oxygen atoms in total. The molecule has 0 saturated carbocycles. The summed E-state index contributed by atoms with van der Waals surface area (Å²) in [6, 6.07) is 0. The molecule has 0 aliphatic carbocycles. The Morgan fingerprint density at radius 2 is 0.242 bits per heavy atom. The first-order chi connectivity index (χ1) is 62.6. The molecule has 12 bridgehead atoms. The van der Waals surface area contributed by atoms with Crippen molar-refractivity contribution in [1.82, 2.24) is 0 Å². The summed E-state index contributed by atoms with van der Waals surface area (Å²) in [4.78, 5) is 0. The van der Waals surface area contributed by atoms with Crippen LogP contribution in [0.4, 0.5) is 0 Å². The summed E-state index contributed by atoms with van der Waals surface area (Å²) in [5.41, 5.74) is 0. The van der Waals surface area contributed by atoms with E-state index in [1.165, 1.54) is 0 Å². The van der Waals surface area contributed by atoms with Gasteiger partial charge >= 0.3 is 0 Å². The molecule has 0 spiro atoms. The zero-order valence-electron chi connectivity index (χ0n) is 69.0. The highest BCUT2D eigenvalue weighted by molar-refractivity contribution is 5.05. The summed E-state index contributed by atoms with van der Waals surface area (Å²) in [7, 11) is 0. The van der Waals surface area contributed by atoms with Crippen molar-refractivity contribution in [3.63, 3.8) is 0 Å². The predicted octanol–water partition coefficient (Wildman–Crippen LogP) is -26.1. The van der Waals surface area contributed by atoms with E-state index in [1.807, 2.05) is 0 Å². The number of hydrogen-bond donors (Lipinski definition) is 36. The van der Waals surface area contributed by atoms with Crippen LogP contribution in [0.5, 0.6) is 0 Å². The first kappa shape index (κ1) is 107. The lowest BCUT2D eigenvalue weighted by Gasteiger charge is -2.51. The topological polar surface area (TPSA) is 950 Å². The monoisotopic (exact) mass is 1940 g/mol. The third-order valence-electron chi connectivity index (χ3n) is 25.2. The number of aliphatic hydroxyl groups excluding tert-OH is 36. The van der Waals surface area contributed by atoms with Gasteiger partial charge in [-0.15, -0.1) is 0 Å². The molecular weight excluding hydrogens is 1820 g/mol. The van der Waals surface area contributed by atoms with Gasteiger partial charge in [-0.05, 0) is 0 Å². The van der Waals surface area contributed by atoms with Gasteiger partial charge < -0.3 is 298 Å². The average Bonchev–Trinajstić information content (AvgIpc) is 0.761. The molecule has 28 heterocycles. The lowest BCUT2D eigenvalue weighted by Crippen LogP contribution is -2.69. The first-order valence-corrected chi connectivity index (χ1v) is 42.2. The zero-order valence-corrected chi connectivity index (χ0v) is 69.0. The van der Waals surface area contributed by atoms with Crippen LogP contribution in [0.1, 0.15) is 0 Å². The summed E-state index contributed by atoms with van der Waals surface area (Å²) in [5.74, 6) is 0. The second kappa shape index (κ2) is 45.9. The average molecular weight is 1950 g/mol. The molecule has 0 aromatic heterocycles. The van der Waals surface area contributed by atoms with Crippen LogP contribution in [-0.2, 0) is 114 Å². The quantitative estimate of drug-likeness (QED) is 0.0427. The molecule has 0 aromatic rings. The second-order valence-corrected chi connectivity index (χ2v) is 33.9. The SMILES string of the molecule is OC[C@H]1O[C@H](OC[C@H]2O[C@@H]3O[C@H]4[C@H](O)[C@@H](O)[C@@H](O[C@H]5[C@H](O)[C@@H](O)[C@@H](O[C@H]6[C@H](O)[C@@H](O)[C@@H](O[C@H]7[C@H](O)[C@@H](O)[C@@H](O[C@H]8[C@H](O)[C@@H](O)[C@@H](O[C@H]2[C@H](O)[C@H]3O)O[C@@H]8CO[C@H]2O[C@H](CO)[C@@H](O)[C@H](O)[C@H]2O)O[C@@H]7CO[C@H]2O[C@H](CO)[C@@H](O)[C@H](O)[C@H]2O)O[C@@H]6CO[C@H]2O[C@H](CO)[C@@H](O)[C@H](O)[C@H]2O)O[C@@H]5CO[C@H]2O[C@H](CO)[C@@H](O)[C@H](O)[C@H]2O)O[C@@H]4CO[C@H]2O[C@H](CO)[C@@H](O)[C@H](O)[C@H]2O)[C@H](O)[C@@H](O)[C@@H]1O. The van der Waals surface area contributed by atoms with E-state index in [9.17, 15) is 184 Å². The minimum absolute atomic E-state index is 1.06. The second-order valence-electron chi connectivity index (χ2n) is 33.9. The van der Waals surface area contributed by atoms with E-state index in [-0.39, 0.29) is 0 Å². The maximum atomic E-state index is 12.5. The molecule has 28 fully saturated rings. The van der Waals surface area contributed by atoms with E-state index in [1.54, 1.807) is 0 Å². The Hall–Kier alpha value is -2.40. The maximum Gasteiger partial charge on any atom is 0.187 e. The largest absolute Gasteiger partial charge is 0.394 e. The van der Waals surface area contributed by atoms with E-state index in [2.05, 4.69) is 0 Å². The van der Waals surface area contributed by atoms with Crippen LogP contribution in [0, 0.1) is 0 Å². The molecule has 60 atom stereocenters. The van der Waals surface area contributed by atoms with Gasteiger partial charge in [-0.2, -0.15) is 0 Å². The smallest absolute Gasteiger partial charge is 0.187 e. The third kappa shape index (κ3) is 22.2. The van der Waals surface area contributed by atoms with Crippen LogP contribution in [0.25, 0.3) is 0 Å².